The lowest BCUT2D eigenvalue weighted by Gasteiger charge is -2.01. The van der Waals surface area contributed by atoms with Gasteiger partial charge in [-0.3, -0.25) is 0 Å². The molecule has 16 heavy (non-hydrogen) atoms. The molecule has 3 heteroatoms. The Morgan fingerprint density at radius 1 is 0.875 bits per heavy atom. The number of phenols is 1. The Morgan fingerprint density at radius 2 is 1.56 bits per heavy atom. The van der Waals surface area contributed by atoms with Gasteiger partial charge >= 0.3 is 0 Å². The van der Waals surface area contributed by atoms with Crippen molar-refractivity contribution in [2.45, 2.75) is 0 Å². The van der Waals surface area contributed by atoms with Crippen molar-refractivity contribution in [2.24, 2.45) is 10.9 Å². The molecule has 1 aliphatic carbocycles. The van der Waals surface area contributed by atoms with Gasteiger partial charge in [-0.05, 0) is 17.2 Å². The van der Waals surface area contributed by atoms with E-state index in [1.165, 1.54) is 0 Å². The van der Waals surface area contributed by atoms with Gasteiger partial charge in [0.25, 0.3) is 0 Å². The van der Waals surface area contributed by atoms with E-state index in [0.717, 1.165) is 22.3 Å². The van der Waals surface area contributed by atoms with E-state index in [4.69, 9.17) is 5.84 Å². The molecule has 0 unspecified atom stereocenters. The Morgan fingerprint density at radius 3 is 2.31 bits per heavy atom. The van der Waals surface area contributed by atoms with Gasteiger partial charge in [0.1, 0.15) is 11.5 Å². The fraction of sp³-hybridized carbons (Fsp3) is 0. The molecule has 3 nitrogen and oxygen atoms in total. The van der Waals surface area contributed by atoms with E-state index < -0.39 is 0 Å². The maximum absolute atomic E-state index is 9.87. The summed E-state index contributed by atoms with van der Waals surface area (Å²) in [5.41, 5.74) is 4.41. The highest BCUT2D eigenvalue weighted by Gasteiger charge is 2.26. The molecule has 0 fully saturated rings. The first-order valence-electron chi connectivity index (χ1n) is 5.03. The summed E-state index contributed by atoms with van der Waals surface area (Å²) in [6.45, 7) is 0. The fourth-order valence-corrected chi connectivity index (χ4v) is 2.21. The molecule has 2 aromatic rings. The van der Waals surface area contributed by atoms with Crippen LogP contribution in [0.1, 0.15) is 11.1 Å². The molecular formula is C13H10N2O. The lowest BCUT2D eigenvalue weighted by Crippen LogP contribution is -2.01. The van der Waals surface area contributed by atoms with E-state index in [0.29, 0.717) is 5.71 Å². The summed E-state index contributed by atoms with van der Waals surface area (Å²) < 4.78 is 0. The van der Waals surface area contributed by atoms with E-state index in [1.54, 1.807) is 6.07 Å². The average Bonchev–Trinajstić information content (AvgIpc) is 2.65. The molecule has 0 saturated carbocycles. The Bertz CT molecular complexity index is 603. The van der Waals surface area contributed by atoms with Crippen LogP contribution >= 0.6 is 0 Å². The van der Waals surface area contributed by atoms with Gasteiger partial charge in [0.15, 0.2) is 0 Å². The standard InChI is InChI=1S/C13H10N2O/c14-15-13-10-5-2-1-4-8(10)9-6-3-7-11(16)12(9)13/h1-7,16H,14H2. The minimum absolute atomic E-state index is 0.220. The first-order chi connectivity index (χ1) is 7.83. The number of phenolic OH excluding ortho intramolecular Hbond substituents is 1. The van der Waals surface area contributed by atoms with Crippen molar-refractivity contribution in [1.29, 1.82) is 0 Å². The zero-order chi connectivity index (χ0) is 11.1. The van der Waals surface area contributed by atoms with Crippen LogP contribution in [-0.4, -0.2) is 10.8 Å². The van der Waals surface area contributed by atoms with Crippen molar-refractivity contribution < 1.29 is 5.11 Å². The molecule has 1 aliphatic rings. The number of benzene rings is 2. The number of hydrogen-bond acceptors (Lipinski definition) is 3. The zero-order valence-corrected chi connectivity index (χ0v) is 8.51. The van der Waals surface area contributed by atoms with Gasteiger partial charge in [0.05, 0.1) is 5.56 Å². The van der Waals surface area contributed by atoms with E-state index in [2.05, 4.69) is 5.10 Å². The summed E-state index contributed by atoms with van der Waals surface area (Å²) >= 11 is 0. The summed E-state index contributed by atoms with van der Waals surface area (Å²) in [7, 11) is 0. The molecule has 0 amide bonds. The largest absolute Gasteiger partial charge is 0.507 e. The minimum Gasteiger partial charge on any atom is -0.507 e. The quantitative estimate of drug-likeness (QED) is 0.441. The predicted molar refractivity (Wildman–Crippen MR) is 63.4 cm³/mol. The highest BCUT2D eigenvalue weighted by molar-refractivity contribution is 6.25. The molecule has 3 N–H and O–H groups in total. The van der Waals surface area contributed by atoms with Gasteiger partial charge in [-0.15, -0.1) is 0 Å². The maximum atomic E-state index is 9.87. The number of rotatable bonds is 0. The summed E-state index contributed by atoms with van der Waals surface area (Å²) in [5, 5.41) is 13.7. The molecule has 0 heterocycles. The van der Waals surface area contributed by atoms with Gasteiger partial charge in [-0.2, -0.15) is 5.10 Å². The molecule has 0 bridgehead atoms. The molecule has 2 aromatic carbocycles. The first kappa shape index (κ1) is 8.97. The first-order valence-corrected chi connectivity index (χ1v) is 5.03. The summed E-state index contributed by atoms with van der Waals surface area (Å²) in [4.78, 5) is 0. The summed E-state index contributed by atoms with van der Waals surface area (Å²) in [5.74, 6) is 5.63. The average molecular weight is 210 g/mol. The molecule has 3 rings (SSSR count). The van der Waals surface area contributed by atoms with Crippen LogP contribution in [0.4, 0.5) is 0 Å². The summed E-state index contributed by atoms with van der Waals surface area (Å²) in [6, 6.07) is 13.3. The van der Waals surface area contributed by atoms with Crippen LogP contribution < -0.4 is 5.84 Å². The third-order valence-electron chi connectivity index (χ3n) is 2.88. The van der Waals surface area contributed by atoms with Crippen LogP contribution in [0.25, 0.3) is 11.1 Å². The maximum Gasteiger partial charge on any atom is 0.125 e. The van der Waals surface area contributed by atoms with E-state index in [-0.39, 0.29) is 5.75 Å². The molecule has 0 atom stereocenters. The second-order valence-corrected chi connectivity index (χ2v) is 3.72. The van der Waals surface area contributed by atoms with Gasteiger partial charge in [0, 0.05) is 5.56 Å². The molecule has 0 aliphatic heterocycles. The smallest absolute Gasteiger partial charge is 0.125 e. The van der Waals surface area contributed by atoms with Crippen molar-refractivity contribution in [3.8, 4) is 16.9 Å². The van der Waals surface area contributed by atoms with E-state index >= 15 is 0 Å². The normalized spacial score (nSPS) is 14.9. The molecule has 0 aromatic heterocycles. The second kappa shape index (κ2) is 3.10. The highest BCUT2D eigenvalue weighted by Crippen LogP contribution is 2.40. The van der Waals surface area contributed by atoms with Crippen LogP contribution in [0.3, 0.4) is 0 Å². The lowest BCUT2D eigenvalue weighted by atomic mass is 10.1. The monoisotopic (exact) mass is 210 g/mol. The number of nitrogens with zero attached hydrogens (tertiary/aromatic N) is 1. The fourth-order valence-electron chi connectivity index (χ4n) is 2.21. The van der Waals surface area contributed by atoms with E-state index in [1.807, 2.05) is 36.4 Å². The topological polar surface area (TPSA) is 58.6 Å². The molecule has 78 valence electrons. The Hall–Kier alpha value is -2.29. The SMILES string of the molecule is NN=C1c2ccccc2-c2cccc(O)c21. The number of nitrogens with two attached hydrogens (primary N) is 1. The highest BCUT2D eigenvalue weighted by atomic mass is 16.3. The minimum atomic E-state index is 0.220. The van der Waals surface area contributed by atoms with E-state index in [9.17, 15) is 5.11 Å². The Labute approximate surface area is 92.8 Å². The number of aromatic hydroxyl groups is 1. The predicted octanol–water partition coefficient (Wildman–Crippen LogP) is 2.08. The number of hydrogen-bond donors (Lipinski definition) is 2. The van der Waals surface area contributed by atoms with Crippen LogP contribution in [-0.2, 0) is 0 Å². The second-order valence-electron chi connectivity index (χ2n) is 3.72. The van der Waals surface area contributed by atoms with Crippen molar-refractivity contribution in [2.75, 3.05) is 0 Å². The van der Waals surface area contributed by atoms with Gasteiger partial charge in [-0.25, -0.2) is 0 Å². The Balaban J connectivity index is 2.44. The Kier molecular flexibility index (Phi) is 1.74. The van der Waals surface area contributed by atoms with Gasteiger partial charge in [0.2, 0.25) is 0 Å². The van der Waals surface area contributed by atoms with Crippen LogP contribution in [0.2, 0.25) is 0 Å². The van der Waals surface area contributed by atoms with Gasteiger partial charge in [-0.1, -0.05) is 36.4 Å². The number of hydrazone groups is 1. The van der Waals surface area contributed by atoms with Crippen LogP contribution in [0.5, 0.6) is 5.75 Å². The van der Waals surface area contributed by atoms with Crippen LogP contribution in [0.15, 0.2) is 47.6 Å². The zero-order valence-electron chi connectivity index (χ0n) is 8.51. The van der Waals surface area contributed by atoms with Crippen molar-refractivity contribution >= 4 is 5.71 Å². The van der Waals surface area contributed by atoms with Gasteiger partial charge < -0.3 is 10.9 Å². The third kappa shape index (κ3) is 0.997. The van der Waals surface area contributed by atoms with Crippen molar-refractivity contribution in [1.82, 2.24) is 0 Å². The number of fused-ring (bicyclic) bond motifs is 3. The lowest BCUT2D eigenvalue weighted by molar-refractivity contribution is 0.474. The third-order valence-corrected chi connectivity index (χ3v) is 2.88. The molecular weight excluding hydrogens is 200 g/mol. The molecule has 0 radical (unpaired) electrons. The van der Waals surface area contributed by atoms with Crippen molar-refractivity contribution in [3.63, 3.8) is 0 Å². The van der Waals surface area contributed by atoms with Crippen molar-refractivity contribution in [3.05, 3.63) is 53.6 Å². The summed E-state index contributed by atoms with van der Waals surface area (Å²) in [6.07, 6.45) is 0. The molecule has 0 spiro atoms. The van der Waals surface area contributed by atoms with Crippen LogP contribution in [0, 0.1) is 0 Å². The molecule has 0 saturated heterocycles.